The minimum atomic E-state index is -0.547. The van der Waals surface area contributed by atoms with Crippen LogP contribution in [0.4, 0.5) is 17.1 Å². The SMILES string of the molecule is c1ccc(-c2ccc(-c3c(N(c4ccc(-c5ccccc5)cc4)c4cccc5c4-c4ccccc4C5(c4ccccc4)c4ccccc4)c4ccccc4c4ccccc34)cc2)cc1. The van der Waals surface area contributed by atoms with E-state index in [2.05, 4.69) is 266 Å². The van der Waals surface area contributed by atoms with E-state index >= 15 is 0 Å². The first-order valence-electron chi connectivity index (χ1n) is 22.2. The zero-order valence-electron chi connectivity index (χ0n) is 35.3. The summed E-state index contributed by atoms with van der Waals surface area (Å²) in [4.78, 5) is 2.58. The van der Waals surface area contributed by atoms with Crippen LogP contribution in [0.3, 0.4) is 0 Å². The molecule has 1 aliphatic rings. The first kappa shape index (κ1) is 37.5. The Bertz CT molecular complexity index is 3410. The van der Waals surface area contributed by atoms with Crippen LogP contribution in [0.5, 0.6) is 0 Å². The summed E-state index contributed by atoms with van der Waals surface area (Å²) in [5.74, 6) is 0. The molecule has 0 aromatic heterocycles. The molecule has 0 spiro atoms. The standard InChI is InChI=1S/C63H43N/c1-5-20-44(21-6-1)46-36-38-48(39-37-46)60-54-30-15-13-28-52(54)53-29-14-16-31-55(53)62(60)64(51-42-40-47(41-43-51)45-22-7-2-8-23-45)59-35-19-34-58-61(59)56-32-17-18-33-57(56)63(58,49-24-9-3-10-25-49)50-26-11-4-12-27-50/h1-43H. The molecular formula is C63H43N. The smallest absolute Gasteiger partial charge is 0.0714 e. The van der Waals surface area contributed by atoms with Gasteiger partial charge in [0.2, 0.25) is 0 Å². The van der Waals surface area contributed by atoms with Crippen molar-refractivity contribution < 1.29 is 0 Å². The molecule has 0 aliphatic heterocycles. The highest BCUT2D eigenvalue weighted by atomic mass is 15.2. The normalized spacial score (nSPS) is 12.5. The largest absolute Gasteiger partial charge is 0.309 e. The molecule has 0 heterocycles. The zero-order chi connectivity index (χ0) is 42.5. The average molecular weight is 814 g/mol. The highest BCUT2D eigenvalue weighted by molar-refractivity contribution is 6.23. The average Bonchev–Trinajstić information content (AvgIpc) is 3.69. The van der Waals surface area contributed by atoms with Gasteiger partial charge in [0.15, 0.2) is 0 Å². The molecule has 0 unspecified atom stereocenters. The van der Waals surface area contributed by atoms with Crippen LogP contribution < -0.4 is 4.90 Å². The fourth-order valence-corrected chi connectivity index (χ4v) is 10.6. The van der Waals surface area contributed by atoms with Crippen LogP contribution in [0.2, 0.25) is 0 Å². The van der Waals surface area contributed by atoms with Crippen molar-refractivity contribution in [3.05, 3.63) is 283 Å². The summed E-state index contributed by atoms with van der Waals surface area (Å²) < 4.78 is 0. The van der Waals surface area contributed by atoms with E-state index in [1.54, 1.807) is 0 Å². The van der Waals surface area contributed by atoms with Crippen molar-refractivity contribution in [3.8, 4) is 44.5 Å². The first-order valence-corrected chi connectivity index (χ1v) is 22.2. The van der Waals surface area contributed by atoms with E-state index in [4.69, 9.17) is 0 Å². The molecule has 1 heteroatoms. The van der Waals surface area contributed by atoms with E-state index in [0.717, 1.165) is 17.1 Å². The van der Waals surface area contributed by atoms with E-state index in [0.29, 0.717) is 0 Å². The molecule has 11 aromatic rings. The molecule has 0 saturated carbocycles. The molecule has 0 saturated heterocycles. The van der Waals surface area contributed by atoms with Gasteiger partial charge in [0.25, 0.3) is 0 Å². The first-order chi connectivity index (χ1) is 31.8. The lowest BCUT2D eigenvalue weighted by Gasteiger charge is -2.35. The molecule has 0 amide bonds. The Balaban J connectivity index is 1.21. The fourth-order valence-electron chi connectivity index (χ4n) is 10.6. The van der Waals surface area contributed by atoms with Gasteiger partial charge < -0.3 is 4.90 Å². The van der Waals surface area contributed by atoms with Gasteiger partial charge in [-0.2, -0.15) is 0 Å². The Morgan fingerprint density at radius 2 is 0.688 bits per heavy atom. The van der Waals surface area contributed by atoms with Gasteiger partial charge in [-0.25, -0.2) is 0 Å². The van der Waals surface area contributed by atoms with Crippen molar-refractivity contribution in [2.45, 2.75) is 5.41 Å². The third kappa shape index (κ3) is 5.93. The quantitative estimate of drug-likeness (QED) is 0.138. The predicted octanol–water partition coefficient (Wildman–Crippen LogP) is 16.8. The minimum absolute atomic E-state index is 0.547. The number of benzene rings is 11. The molecule has 1 aliphatic carbocycles. The number of rotatable bonds is 8. The van der Waals surface area contributed by atoms with Gasteiger partial charge in [-0.3, -0.25) is 0 Å². The van der Waals surface area contributed by atoms with E-state index in [9.17, 15) is 0 Å². The molecule has 64 heavy (non-hydrogen) atoms. The van der Waals surface area contributed by atoms with E-state index < -0.39 is 5.41 Å². The molecule has 11 aromatic carbocycles. The van der Waals surface area contributed by atoms with Crippen LogP contribution in [-0.2, 0) is 5.41 Å². The van der Waals surface area contributed by atoms with Gasteiger partial charge in [-0.15, -0.1) is 0 Å². The summed E-state index contributed by atoms with van der Waals surface area (Å²) in [6, 6.07) is 96.0. The van der Waals surface area contributed by atoms with Crippen LogP contribution in [0, 0.1) is 0 Å². The number of hydrogen-bond donors (Lipinski definition) is 0. The summed E-state index contributed by atoms with van der Waals surface area (Å²) in [7, 11) is 0. The summed E-state index contributed by atoms with van der Waals surface area (Å²) in [6.07, 6.45) is 0. The molecule has 0 N–H and O–H groups in total. The van der Waals surface area contributed by atoms with Gasteiger partial charge in [0.05, 0.1) is 16.8 Å². The van der Waals surface area contributed by atoms with Crippen LogP contribution in [-0.4, -0.2) is 0 Å². The molecule has 0 atom stereocenters. The molecule has 0 radical (unpaired) electrons. The Hall–Kier alpha value is -8.26. The van der Waals surface area contributed by atoms with Crippen molar-refractivity contribution >= 4 is 38.6 Å². The minimum Gasteiger partial charge on any atom is -0.309 e. The van der Waals surface area contributed by atoms with Gasteiger partial charge >= 0.3 is 0 Å². The third-order valence-corrected chi connectivity index (χ3v) is 13.3. The second-order valence-corrected chi connectivity index (χ2v) is 16.7. The summed E-state index contributed by atoms with van der Waals surface area (Å²) in [5, 5.41) is 4.86. The Labute approximate surface area is 374 Å². The highest BCUT2D eigenvalue weighted by Gasteiger charge is 2.47. The number of nitrogens with zero attached hydrogens (tertiary/aromatic N) is 1. The Morgan fingerprint density at radius 1 is 0.266 bits per heavy atom. The van der Waals surface area contributed by atoms with Crippen LogP contribution in [0.25, 0.3) is 66.1 Å². The summed E-state index contributed by atoms with van der Waals surface area (Å²) in [6.45, 7) is 0. The van der Waals surface area contributed by atoms with E-state index in [-0.39, 0.29) is 0 Å². The second kappa shape index (κ2) is 15.6. The maximum Gasteiger partial charge on any atom is 0.0714 e. The maximum atomic E-state index is 2.58. The fraction of sp³-hybridized carbons (Fsp3) is 0.0159. The Morgan fingerprint density at radius 3 is 1.28 bits per heavy atom. The highest BCUT2D eigenvalue weighted by Crippen LogP contribution is 2.60. The monoisotopic (exact) mass is 813 g/mol. The third-order valence-electron chi connectivity index (χ3n) is 13.3. The molecule has 0 bridgehead atoms. The lowest BCUT2D eigenvalue weighted by Crippen LogP contribution is -2.28. The number of hydrogen-bond acceptors (Lipinski definition) is 1. The van der Waals surface area contributed by atoms with Crippen molar-refractivity contribution in [2.24, 2.45) is 0 Å². The predicted molar refractivity (Wildman–Crippen MR) is 270 cm³/mol. The lowest BCUT2D eigenvalue weighted by atomic mass is 9.68. The zero-order valence-corrected chi connectivity index (χ0v) is 35.3. The van der Waals surface area contributed by atoms with Gasteiger partial charge in [0, 0.05) is 22.2 Å². The lowest BCUT2D eigenvalue weighted by molar-refractivity contribution is 0.768. The van der Waals surface area contributed by atoms with Crippen LogP contribution in [0.15, 0.2) is 261 Å². The molecule has 0 fully saturated rings. The number of anilines is 3. The van der Waals surface area contributed by atoms with E-state index in [1.165, 1.54) is 88.3 Å². The molecular weight excluding hydrogens is 771 g/mol. The molecule has 12 rings (SSSR count). The summed E-state index contributed by atoms with van der Waals surface area (Å²) in [5.41, 5.74) is 17.5. The number of fused-ring (bicyclic) bond motifs is 6. The van der Waals surface area contributed by atoms with Crippen LogP contribution in [0.1, 0.15) is 22.3 Å². The van der Waals surface area contributed by atoms with Gasteiger partial charge in [-0.05, 0) is 90.0 Å². The van der Waals surface area contributed by atoms with Crippen molar-refractivity contribution in [1.29, 1.82) is 0 Å². The Kier molecular flexibility index (Phi) is 9.13. The van der Waals surface area contributed by atoms with Gasteiger partial charge in [0.1, 0.15) is 0 Å². The second-order valence-electron chi connectivity index (χ2n) is 16.7. The van der Waals surface area contributed by atoms with Gasteiger partial charge in [-0.1, -0.05) is 243 Å². The van der Waals surface area contributed by atoms with E-state index in [1.807, 2.05) is 0 Å². The van der Waals surface area contributed by atoms with Crippen molar-refractivity contribution in [3.63, 3.8) is 0 Å². The molecule has 300 valence electrons. The maximum absolute atomic E-state index is 2.58. The van der Waals surface area contributed by atoms with Crippen molar-refractivity contribution in [1.82, 2.24) is 0 Å². The summed E-state index contributed by atoms with van der Waals surface area (Å²) >= 11 is 0. The van der Waals surface area contributed by atoms with Crippen LogP contribution >= 0.6 is 0 Å². The topological polar surface area (TPSA) is 3.24 Å². The van der Waals surface area contributed by atoms with Crippen molar-refractivity contribution in [2.75, 3.05) is 4.90 Å². The molecule has 1 nitrogen and oxygen atoms in total.